The first kappa shape index (κ1) is 38.4. The molecule has 4 fully saturated rings. The Morgan fingerprint density at radius 1 is 0.833 bits per heavy atom. The number of rotatable bonds is 16. The Kier molecular flexibility index (Phi) is 15.8. The summed E-state index contributed by atoms with van der Waals surface area (Å²) in [5.41, 5.74) is 4.03. The molecule has 4 aliphatic carbocycles. The minimum absolute atomic E-state index is 0.0125. The molecular formula is C41H67N3O4. The molecule has 0 radical (unpaired) electrons. The number of unbranched alkanes of at least 4 members (excludes halogenated alkanes) is 4. The smallest absolute Gasteiger partial charge is 0.223 e. The first-order valence-electron chi connectivity index (χ1n) is 19.8. The van der Waals surface area contributed by atoms with Crippen LogP contribution >= 0.6 is 0 Å². The Morgan fingerprint density at radius 2 is 1.52 bits per heavy atom. The van der Waals surface area contributed by atoms with E-state index in [1.807, 2.05) is 0 Å². The molecule has 0 aliphatic heterocycles. The van der Waals surface area contributed by atoms with Crippen molar-refractivity contribution in [3.8, 4) is 0 Å². The van der Waals surface area contributed by atoms with E-state index in [4.69, 9.17) is 0 Å². The van der Waals surface area contributed by atoms with Crippen LogP contribution in [0.3, 0.4) is 0 Å². The maximum absolute atomic E-state index is 13.2. The number of nitrogens with one attached hydrogen (secondary N) is 3. The van der Waals surface area contributed by atoms with Crippen LogP contribution in [0.2, 0.25) is 0 Å². The molecule has 0 aromatic rings. The molecule has 4 N–H and O–H groups in total. The number of allylic oxidation sites excluding steroid dienone is 4. The molecule has 2 unspecified atom stereocenters. The van der Waals surface area contributed by atoms with Crippen molar-refractivity contribution in [2.24, 2.45) is 23.2 Å². The number of hydrogen-bond donors (Lipinski definition) is 4. The molecular weight excluding hydrogens is 598 g/mol. The highest BCUT2D eigenvalue weighted by Crippen LogP contribution is 2.59. The van der Waals surface area contributed by atoms with Gasteiger partial charge < -0.3 is 21.1 Å². The Bertz CT molecular complexity index is 1140. The second kappa shape index (κ2) is 19.7. The molecule has 7 nitrogen and oxygen atoms in total. The Balaban J connectivity index is 1.05. The van der Waals surface area contributed by atoms with E-state index in [2.05, 4.69) is 48.5 Å². The zero-order chi connectivity index (χ0) is 34.4. The van der Waals surface area contributed by atoms with Crippen molar-refractivity contribution in [1.29, 1.82) is 0 Å². The van der Waals surface area contributed by atoms with Crippen LogP contribution in [0, 0.1) is 23.2 Å². The number of hydrogen-bond acceptors (Lipinski definition) is 4. The molecule has 0 aromatic carbocycles. The lowest BCUT2D eigenvalue weighted by atomic mass is 9.61. The zero-order valence-electron chi connectivity index (χ0n) is 30.4. The molecule has 4 rings (SSSR count). The van der Waals surface area contributed by atoms with Crippen molar-refractivity contribution in [1.82, 2.24) is 16.0 Å². The fourth-order valence-corrected chi connectivity index (χ4v) is 9.27. The molecule has 4 saturated carbocycles. The highest BCUT2D eigenvalue weighted by Gasteiger charge is 2.51. The average Bonchev–Trinajstić information content (AvgIpc) is 3.22. The molecule has 4 aliphatic rings. The lowest BCUT2D eigenvalue weighted by molar-refractivity contribution is -0.128. The third-order valence-corrected chi connectivity index (χ3v) is 12.2. The molecule has 270 valence electrons. The standard InChI is InChI=1S/C41H67N3O4/c1-30-20-23-35(45)29-33(30)22-21-32-15-14-26-41(3)36(24-25-37(32)41)31(2)40(48)43-28-13-12-27-42-38(46)18-10-6-7-11-19-39(47)44-34-16-8-4-5-9-17-34/h21-22,31,34-37,45H,1,4-20,23-29H2,2-3H3,(H,42,46)(H,43,48)(H,44,47)/b32-21+,33-22-/t31-,35-,36?,37?,41+/m0/s1. The molecule has 0 aromatic heterocycles. The molecule has 0 spiro atoms. The summed E-state index contributed by atoms with van der Waals surface area (Å²) in [7, 11) is 0. The van der Waals surface area contributed by atoms with Gasteiger partial charge in [0.15, 0.2) is 0 Å². The van der Waals surface area contributed by atoms with Gasteiger partial charge in [-0.2, -0.15) is 0 Å². The summed E-state index contributed by atoms with van der Waals surface area (Å²) in [6, 6.07) is 0.375. The van der Waals surface area contributed by atoms with Crippen LogP contribution in [0.25, 0.3) is 0 Å². The predicted molar refractivity (Wildman–Crippen MR) is 195 cm³/mol. The number of amides is 3. The topological polar surface area (TPSA) is 108 Å². The third-order valence-electron chi connectivity index (χ3n) is 12.2. The van der Waals surface area contributed by atoms with Gasteiger partial charge >= 0.3 is 0 Å². The summed E-state index contributed by atoms with van der Waals surface area (Å²) in [6.45, 7) is 10.1. The Labute approximate surface area is 291 Å². The van der Waals surface area contributed by atoms with Gasteiger partial charge in [0.25, 0.3) is 0 Å². The lowest BCUT2D eigenvalue weighted by Gasteiger charge is -2.44. The van der Waals surface area contributed by atoms with Gasteiger partial charge in [-0.3, -0.25) is 14.4 Å². The number of carbonyl (C=O) groups is 3. The van der Waals surface area contributed by atoms with E-state index in [9.17, 15) is 19.5 Å². The van der Waals surface area contributed by atoms with E-state index in [1.165, 1.54) is 49.7 Å². The van der Waals surface area contributed by atoms with Gasteiger partial charge in [-0.05, 0) is 113 Å². The molecule has 3 amide bonds. The quantitative estimate of drug-likeness (QED) is 0.0991. The number of aliphatic hydroxyl groups is 1. The van der Waals surface area contributed by atoms with Gasteiger partial charge in [0.1, 0.15) is 0 Å². The van der Waals surface area contributed by atoms with Crippen LogP contribution in [-0.4, -0.2) is 48.1 Å². The summed E-state index contributed by atoms with van der Waals surface area (Å²) in [6.07, 6.45) is 26.3. The van der Waals surface area contributed by atoms with Crippen LogP contribution in [-0.2, 0) is 14.4 Å². The van der Waals surface area contributed by atoms with E-state index >= 15 is 0 Å². The van der Waals surface area contributed by atoms with Gasteiger partial charge in [0.2, 0.25) is 17.7 Å². The fraction of sp³-hybridized carbons (Fsp3) is 0.780. The van der Waals surface area contributed by atoms with Crippen molar-refractivity contribution in [2.75, 3.05) is 13.1 Å². The predicted octanol–water partition coefficient (Wildman–Crippen LogP) is 7.98. The molecule has 0 heterocycles. The van der Waals surface area contributed by atoms with Crippen molar-refractivity contribution < 1.29 is 19.5 Å². The second-order valence-electron chi connectivity index (χ2n) is 15.8. The Morgan fingerprint density at radius 3 is 2.25 bits per heavy atom. The molecule has 5 atom stereocenters. The maximum Gasteiger partial charge on any atom is 0.223 e. The summed E-state index contributed by atoms with van der Waals surface area (Å²) in [5, 5.41) is 19.6. The highest BCUT2D eigenvalue weighted by atomic mass is 16.3. The summed E-state index contributed by atoms with van der Waals surface area (Å²) in [5.74, 6) is 1.35. The van der Waals surface area contributed by atoms with Gasteiger partial charge in [0, 0.05) is 37.9 Å². The first-order chi connectivity index (χ1) is 23.2. The molecule has 48 heavy (non-hydrogen) atoms. The first-order valence-corrected chi connectivity index (χ1v) is 19.8. The molecule has 0 bridgehead atoms. The fourth-order valence-electron chi connectivity index (χ4n) is 9.27. The van der Waals surface area contributed by atoms with E-state index < -0.39 is 0 Å². The van der Waals surface area contributed by atoms with Crippen LogP contribution in [0.15, 0.2) is 35.5 Å². The van der Waals surface area contributed by atoms with Gasteiger partial charge in [0.05, 0.1) is 6.10 Å². The minimum Gasteiger partial charge on any atom is -0.393 e. The second-order valence-corrected chi connectivity index (χ2v) is 15.8. The van der Waals surface area contributed by atoms with Crippen LogP contribution in [0.4, 0.5) is 0 Å². The van der Waals surface area contributed by atoms with Crippen LogP contribution in [0.5, 0.6) is 0 Å². The number of fused-ring (bicyclic) bond motifs is 1. The lowest BCUT2D eigenvalue weighted by Crippen LogP contribution is -2.41. The average molecular weight is 666 g/mol. The monoisotopic (exact) mass is 666 g/mol. The summed E-state index contributed by atoms with van der Waals surface area (Å²) in [4.78, 5) is 37.7. The van der Waals surface area contributed by atoms with Gasteiger partial charge in [-0.25, -0.2) is 0 Å². The van der Waals surface area contributed by atoms with E-state index in [0.717, 1.165) is 89.0 Å². The zero-order valence-corrected chi connectivity index (χ0v) is 30.4. The SMILES string of the molecule is C=C1CC[C@H](O)C/C1=C/C=C1\CCC[C@@]2(C)C1CCC2[C@H](C)C(=O)NCCCCNC(=O)CCCCCCC(=O)NC1CCCCCC1. The summed E-state index contributed by atoms with van der Waals surface area (Å²) < 4.78 is 0. The van der Waals surface area contributed by atoms with Gasteiger partial charge in [-0.15, -0.1) is 0 Å². The Hall–Kier alpha value is -2.41. The molecule has 0 saturated heterocycles. The van der Waals surface area contributed by atoms with E-state index in [-0.39, 0.29) is 35.2 Å². The van der Waals surface area contributed by atoms with E-state index in [0.29, 0.717) is 50.2 Å². The molecule has 7 heteroatoms. The normalized spacial score (nSPS) is 28.9. The largest absolute Gasteiger partial charge is 0.393 e. The highest BCUT2D eigenvalue weighted by molar-refractivity contribution is 5.79. The van der Waals surface area contributed by atoms with Crippen molar-refractivity contribution in [2.45, 2.75) is 167 Å². The number of carbonyl (C=O) groups excluding carboxylic acids is 3. The van der Waals surface area contributed by atoms with Gasteiger partial charge in [-0.1, -0.05) is 82.2 Å². The third kappa shape index (κ3) is 11.6. The van der Waals surface area contributed by atoms with E-state index in [1.54, 1.807) is 0 Å². The summed E-state index contributed by atoms with van der Waals surface area (Å²) >= 11 is 0. The van der Waals surface area contributed by atoms with Crippen LogP contribution in [0.1, 0.15) is 155 Å². The van der Waals surface area contributed by atoms with Crippen LogP contribution < -0.4 is 16.0 Å². The van der Waals surface area contributed by atoms with Crippen molar-refractivity contribution in [3.63, 3.8) is 0 Å². The number of aliphatic hydroxyl groups excluding tert-OH is 1. The van der Waals surface area contributed by atoms with Crippen molar-refractivity contribution in [3.05, 3.63) is 35.5 Å². The van der Waals surface area contributed by atoms with Crippen molar-refractivity contribution >= 4 is 17.7 Å². The maximum atomic E-state index is 13.2. The minimum atomic E-state index is -0.251.